The predicted octanol–water partition coefficient (Wildman–Crippen LogP) is 0.886. The second-order valence-corrected chi connectivity index (χ2v) is 7.70. The predicted molar refractivity (Wildman–Crippen MR) is 77.1 cm³/mol. The molecule has 0 unspecified atom stereocenters. The fourth-order valence-corrected chi connectivity index (χ4v) is 4.14. The van der Waals surface area contributed by atoms with Crippen LogP contribution in [0.3, 0.4) is 0 Å². The maximum absolute atomic E-state index is 12.5. The Hall–Kier alpha value is -1.67. The minimum absolute atomic E-state index is 0.0490. The van der Waals surface area contributed by atoms with Gasteiger partial charge in [-0.2, -0.15) is 9.40 Å². The van der Waals surface area contributed by atoms with E-state index in [2.05, 4.69) is 22.1 Å². The number of piperidine rings is 1. The summed E-state index contributed by atoms with van der Waals surface area (Å²) in [4.78, 5) is 3.97. The number of aromatic nitrogens is 4. The number of hydrogen-bond acceptors (Lipinski definition) is 4. The molecule has 0 amide bonds. The van der Waals surface area contributed by atoms with E-state index in [-0.39, 0.29) is 10.4 Å². The Labute approximate surface area is 124 Å². The number of rotatable bonds is 3. The highest BCUT2D eigenvalue weighted by Gasteiger charge is 2.37. The average molecular weight is 309 g/mol. The summed E-state index contributed by atoms with van der Waals surface area (Å²) in [7, 11) is -1.72. The lowest BCUT2D eigenvalue weighted by atomic mass is 9.78. The van der Waals surface area contributed by atoms with Gasteiger partial charge in [-0.05, 0) is 18.9 Å². The fraction of sp³-hybridized carbons (Fsp3) is 0.538. The van der Waals surface area contributed by atoms with Crippen molar-refractivity contribution in [2.45, 2.75) is 30.2 Å². The van der Waals surface area contributed by atoms with Crippen LogP contribution in [0.1, 0.15) is 25.5 Å². The first-order chi connectivity index (χ1) is 9.92. The number of aryl methyl sites for hydroxylation is 1. The molecule has 0 aliphatic carbocycles. The van der Waals surface area contributed by atoms with Crippen LogP contribution in [0.15, 0.2) is 29.8 Å². The second-order valence-electron chi connectivity index (χ2n) is 5.81. The number of nitrogens with one attached hydrogen (secondary N) is 1. The number of hydrogen-bond donors (Lipinski definition) is 1. The quantitative estimate of drug-likeness (QED) is 0.912. The molecule has 0 spiro atoms. The zero-order valence-electron chi connectivity index (χ0n) is 12.2. The average Bonchev–Trinajstić information content (AvgIpc) is 3.10. The molecule has 0 aromatic carbocycles. The van der Waals surface area contributed by atoms with Gasteiger partial charge in [0.2, 0.25) is 0 Å². The Morgan fingerprint density at radius 2 is 2.05 bits per heavy atom. The maximum atomic E-state index is 12.5. The van der Waals surface area contributed by atoms with Gasteiger partial charge in [-0.25, -0.2) is 13.4 Å². The van der Waals surface area contributed by atoms with E-state index in [1.807, 2.05) is 6.07 Å². The molecule has 7 nitrogen and oxygen atoms in total. The molecule has 0 atom stereocenters. The van der Waals surface area contributed by atoms with E-state index in [9.17, 15) is 8.42 Å². The maximum Gasteiger partial charge on any atom is 0.262 e. The minimum atomic E-state index is -3.48. The van der Waals surface area contributed by atoms with E-state index in [4.69, 9.17) is 0 Å². The van der Waals surface area contributed by atoms with Crippen LogP contribution in [0.2, 0.25) is 0 Å². The summed E-state index contributed by atoms with van der Waals surface area (Å²) in [5.41, 5.74) is 1.02. The Bertz CT molecular complexity index is 712. The Morgan fingerprint density at radius 3 is 2.57 bits per heavy atom. The lowest BCUT2D eigenvalue weighted by Gasteiger charge is -2.37. The molecule has 1 fully saturated rings. The summed E-state index contributed by atoms with van der Waals surface area (Å²) in [5, 5.41) is 7.11. The molecule has 21 heavy (non-hydrogen) atoms. The SMILES string of the molecule is Cn1cnc(S(=O)(=O)N2CCC(C)(c3ccn[nH]3)CC2)c1. The van der Waals surface area contributed by atoms with E-state index in [1.54, 1.807) is 17.8 Å². The van der Waals surface area contributed by atoms with Crippen molar-refractivity contribution in [2.75, 3.05) is 13.1 Å². The molecule has 0 bridgehead atoms. The third-order valence-electron chi connectivity index (χ3n) is 4.26. The summed E-state index contributed by atoms with van der Waals surface area (Å²) in [6, 6.07) is 1.96. The normalized spacial score (nSPS) is 19.7. The number of aromatic amines is 1. The Morgan fingerprint density at radius 1 is 1.33 bits per heavy atom. The molecule has 114 valence electrons. The van der Waals surface area contributed by atoms with Gasteiger partial charge in [0.15, 0.2) is 5.03 Å². The summed E-state index contributed by atoms with van der Waals surface area (Å²) in [6.07, 6.45) is 6.31. The molecule has 1 N–H and O–H groups in total. The van der Waals surface area contributed by atoms with Gasteiger partial charge in [0.25, 0.3) is 10.0 Å². The highest BCUT2D eigenvalue weighted by molar-refractivity contribution is 7.89. The molecule has 3 heterocycles. The first-order valence-electron chi connectivity index (χ1n) is 6.90. The topological polar surface area (TPSA) is 83.9 Å². The molecule has 0 radical (unpaired) electrons. The van der Waals surface area contributed by atoms with Crippen molar-refractivity contribution >= 4 is 10.0 Å². The number of imidazole rings is 1. The highest BCUT2D eigenvalue weighted by atomic mass is 32.2. The van der Waals surface area contributed by atoms with Crippen LogP contribution in [0.4, 0.5) is 0 Å². The Balaban J connectivity index is 1.77. The molecule has 0 saturated carbocycles. The second kappa shape index (κ2) is 4.96. The van der Waals surface area contributed by atoms with Crippen molar-refractivity contribution in [3.63, 3.8) is 0 Å². The van der Waals surface area contributed by atoms with Crippen LogP contribution in [0.5, 0.6) is 0 Å². The van der Waals surface area contributed by atoms with Crippen molar-refractivity contribution in [1.29, 1.82) is 0 Å². The molecule has 1 saturated heterocycles. The van der Waals surface area contributed by atoms with Gasteiger partial charge in [0, 0.05) is 43.6 Å². The van der Waals surface area contributed by atoms with Crippen molar-refractivity contribution in [3.05, 3.63) is 30.5 Å². The molecule has 2 aromatic heterocycles. The van der Waals surface area contributed by atoms with Crippen LogP contribution < -0.4 is 0 Å². The van der Waals surface area contributed by atoms with E-state index in [1.165, 1.54) is 16.8 Å². The first kappa shape index (κ1) is 14.3. The molecular weight excluding hydrogens is 290 g/mol. The molecular formula is C13H19N5O2S. The summed E-state index contributed by atoms with van der Waals surface area (Å²) in [6.45, 7) is 3.13. The van der Waals surface area contributed by atoms with E-state index < -0.39 is 10.0 Å². The molecule has 3 rings (SSSR count). The Kier molecular flexibility index (Phi) is 3.37. The third-order valence-corrected chi connectivity index (χ3v) is 6.05. The van der Waals surface area contributed by atoms with Gasteiger partial charge < -0.3 is 4.57 Å². The highest BCUT2D eigenvalue weighted by Crippen LogP contribution is 2.35. The van der Waals surface area contributed by atoms with E-state index in [0.717, 1.165) is 18.5 Å². The summed E-state index contributed by atoms with van der Waals surface area (Å²) < 4.78 is 28.2. The van der Waals surface area contributed by atoms with Gasteiger partial charge in [-0.1, -0.05) is 6.92 Å². The van der Waals surface area contributed by atoms with Crippen LogP contribution in [0.25, 0.3) is 0 Å². The van der Waals surface area contributed by atoms with Crippen LogP contribution in [-0.2, 0) is 22.5 Å². The molecule has 1 aliphatic rings. The zero-order valence-corrected chi connectivity index (χ0v) is 13.0. The van der Waals surface area contributed by atoms with Gasteiger partial charge in [-0.3, -0.25) is 5.10 Å². The molecule has 8 heteroatoms. The largest absolute Gasteiger partial charge is 0.339 e. The van der Waals surface area contributed by atoms with Crippen LogP contribution in [-0.4, -0.2) is 45.6 Å². The zero-order chi connectivity index (χ0) is 15.1. The van der Waals surface area contributed by atoms with Crippen molar-refractivity contribution in [2.24, 2.45) is 7.05 Å². The van der Waals surface area contributed by atoms with Crippen molar-refractivity contribution < 1.29 is 8.42 Å². The van der Waals surface area contributed by atoms with Crippen molar-refractivity contribution in [3.8, 4) is 0 Å². The number of H-pyrrole nitrogens is 1. The van der Waals surface area contributed by atoms with Gasteiger partial charge in [0.1, 0.15) is 0 Å². The standard InChI is InChI=1S/C13H19N5O2S/c1-13(11-3-6-15-16-11)4-7-18(8-5-13)21(19,20)12-9-17(2)10-14-12/h3,6,9-10H,4-5,7-8H2,1-2H3,(H,15,16). The molecule has 2 aromatic rings. The minimum Gasteiger partial charge on any atom is -0.339 e. The molecule has 1 aliphatic heterocycles. The van der Waals surface area contributed by atoms with Gasteiger partial charge >= 0.3 is 0 Å². The monoisotopic (exact) mass is 309 g/mol. The smallest absolute Gasteiger partial charge is 0.262 e. The number of sulfonamides is 1. The lowest BCUT2D eigenvalue weighted by Crippen LogP contribution is -2.44. The lowest BCUT2D eigenvalue weighted by molar-refractivity contribution is 0.244. The first-order valence-corrected chi connectivity index (χ1v) is 8.34. The summed E-state index contributed by atoms with van der Waals surface area (Å²) in [5.74, 6) is 0. The third kappa shape index (κ3) is 2.49. The van der Waals surface area contributed by atoms with E-state index >= 15 is 0 Å². The van der Waals surface area contributed by atoms with Gasteiger partial charge in [0.05, 0.1) is 6.33 Å². The van der Waals surface area contributed by atoms with Crippen molar-refractivity contribution in [1.82, 2.24) is 24.1 Å². The number of nitrogens with zero attached hydrogens (tertiary/aromatic N) is 4. The fourth-order valence-electron chi connectivity index (χ4n) is 2.74. The van der Waals surface area contributed by atoms with Crippen LogP contribution in [0, 0.1) is 0 Å². The van der Waals surface area contributed by atoms with Crippen LogP contribution >= 0.6 is 0 Å². The van der Waals surface area contributed by atoms with Gasteiger partial charge in [-0.15, -0.1) is 0 Å². The van der Waals surface area contributed by atoms with E-state index in [0.29, 0.717) is 13.1 Å². The summed E-state index contributed by atoms with van der Waals surface area (Å²) >= 11 is 0.